The number of amides is 1. The highest BCUT2D eigenvalue weighted by atomic mass is 32.2. The quantitative estimate of drug-likeness (QED) is 0.621. The first kappa shape index (κ1) is 17.3. The number of methoxy groups -OCH3 is 2. The Balaban J connectivity index is 2.25. The van der Waals surface area contributed by atoms with Crippen molar-refractivity contribution in [2.45, 2.75) is 6.42 Å². The lowest BCUT2D eigenvalue weighted by Gasteiger charge is -2.12. The van der Waals surface area contributed by atoms with E-state index in [0.717, 1.165) is 17.3 Å². The van der Waals surface area contributed by atoms with Gasteiger partial charge in [-0.2, -0.15) is 0 Å². The van der Waals surface area contributed by atoms with Gasteiger partial charge in [0.1, 0.15) is 15.8 Å². The van der Waals surface area contributed by atoms with Gasteiger partial charge in [0.2, 0.25) is 0 Å². The summed E-state index contributed by atoms with van der Waals surface area (Å²) in [7, 11) is 3.09. The fourth-order valence-corrected chi connectivity index (χ4v) is 3.27. The van der Waals surface area contributed by atoms with Crippen LogP contribution in [-0.4, -0.2) is 47.0 Å². The number of ether oxygens (including phenoxy) is 2. The lowest BCUT2D eigenvalue weighted by Crippen LogP contribution is -2.30. The van der Waals surface area contributed by atoms with E-state index in [2.05, 4.69) is 0 Å². The molecule has 1 aromatic carbocycles. The molecular weight excluding hydrogens is 338 g/mol. The Kier molecular flexibility index (Phi) is 5.62. The number of carbonyl (C=O) groups excluding carboxylic acids is 1. The maximum absolute atomic E-state index is 12.3. The third-order valence-electron chi connectivity index (χ3n) is 3.09. The monoisotopic (exact) mass is 353 g/mol. The summed E-state index contributed by atoms with van der Waals surface area (Å²) >= 11 is 6.29. The molecule has 0 spiro atoms. The molecule has 0 atom stereocenters. The van der Waals surface area contributed by atoms with E-state index >= 15 is 0 Å². The van der Waals surface area contributed by atoms with Gasteiger partial charge in [-0.1, -0.05) is 24.0 Å². The van der Waals surface area contributed by atoms with Crippen LogP contribution in [0.5, 0.6) is 11.5 Å². The SMILES string of the molecule is COc1cc(C=C2SC(=S)N(CCC(=O)O)C2=O)cc(OC)c1. The van der Waals surface area contributed by atoms with Crippen molar-refractivity contribution < 1.29 is 24.2 Å². The minimum atomic E-state index is -0.972. The third-order valence-corrected chi connectivity index (χ3v) is 4.47. The Bertz CT molecular complexity index is 664. The van der Waals surface area contributed by atoms with Crippen LogP contribution in [0.1, 0.15) is 12.0 Å². The first-order valence-electron chi connectivity index (χ1n) is 6.65. The van der Waals surface area contributed by atoms with Gasteiger partial charge in [-0.3, -0.25) is 14.5 Å². The molecule has 23 heavy (non-hydrogen) atoms. The van der Waals surface area contributed by atoms with Crippen LogP contribution in [0.25, 0.3) is 6.08 Å². The molecule has 1 aliphatic rings. The summed E-state index contributed by atoms with van der Waals surface area (Å²) in [6.07, 6.45) is 1.54. The van der Waals surface area contributed by atoms with Crippen LogP contribution in [0, 0.1) is 0 Å². The molecule has 6 nitrogen and oxygen atoms in total. The number of thiocarbonyl (C=S) groups is 1. The molecule has 0 bridgehead atoms. The molecular formula is C15H15NO5S2. The van der Waals surface area contributed by atoms with E-state index in [1.54, 1.807) is 38.5 Å². The summed E-state index contributed by atoms with van der Waals surface area (Å²) < 4.78 is 10.7. The minimum absolute atomic E-state index is 0.0682. The number of carboxylic acids is 1. The summed E-state index contributed by atoms with van der Waals surface area (Å²) in [6, 6.07) is 5.27. The van der Waals surface area contributed by atoms with Gasteiger partial charge < -0.3 is 14.6 Å². The zero-order valence-electron chi connectivity index (χ0n) is 12.6. The van der Waals surface area contributed by atoms with Crippen molar-refractivity contribution in [1.29, 1.82) is 0 Å². The van der Waals surface area contributed by atoms with Gasteiger partial charge in [-0.15, -0.1) is 0 Å². The molecule has 0 radical (unpaired) electrons. The second kappa shape index (κ2) is 7.47. The molecule has 1 amide bonds. The van der Waals surface area contributed by atoms with Crippen LogP contribution in [0.4, 0.5) is 0 Å². The number of thioether (sulfide) groups is 1. The van der Waals surface area contributed by atoms with Crippen molar-refractivity contribution in [1.82, 2.24) is 4.90 Å². The van der Waals surface area contributed by atoms with Crippen molar-refractivity contribution in [2.75, 3.05) is 20.8 Å². The molecule has 122 valence electrons. The van der Waals surface area contributed by atoms with E-state index < -0.39 is 5.97 Å². The Hall–Kier alpha value is -2.06. The Labute approximate surface area is 143 Å². The van der Waals surface area contributed by atoms with E-state index in [1.165, 1.54) is 4.90 Å². The fraction of sp³-hybridized carbons (Fsp3) is 0.267. The Morgan fingerprint density at radius 1 is 1.30 bits per heavy atom. The van der Waals surface area contributed by atoms with Crippen LogP contribution in [0.15, 0.2) is 23.1 Å². The molecule has 1 N–H and O–H groups in total. The van der Waals surface area contributed by atoms with Crippen molar-refractivity contribution in [3.05, 3.63) is 28.7 Å². The number of hydrogen-bond donors (Lipinski definition) is 1. The lowest BCUT2D eigenvalue weighted by atomic mass is 10.2. The van der Waals surface area contributed by atoms with Crippen LogP contribution < -0.4 is 9.47 Å². The second-order valence-electron chi connectivity index (χ2n) is 4.62. The molecule has 1 fully saturated rings. The van der Waals surface area contributed by atoms with Crippen LogP contribution in [0.3, 0.4) is 0 Å². The number of aliphatic carboxylic acids is 1. The van der Waals surface area contributed by atoms with Gasteiger partial charge in [0.25, 0.3) is 5.91 Å². The number of benzene rings is 1. The fourth-order valence-electron chi connectivity index (χ4n) is 1.96. The molecule has 1 aromatic rings. The molecule has 2 rings (SSSR count). The standard InChI is InChI=1S/C15H15NO5S2/c1-20-10-5-9(6-11(8-10)21-2)7-12-14(19)16(15(22)23-12)4-3-13(17)18/h5-8H,3-4H2,1-2H3,(H,17,18). The van der Waals surface area contributed by atoms with E-state index in [4.69, 9.17) is 26.8 Å². The molecule has 1 saturated heterocycles. The summed E-state index contributed by atoms with van der Waals surface area (Å²) in [5.41, 5.74) is 0.736. The van der Waals surface area contributed by atoms with Crippen molar-refractivity contribution >= 4 is 46.3 Å². The summed E-state index contributed by atoms with van der Waals surface area (Å²) in [5.74, 6) is -0.0440. The molecule has 1 heterocycles. The van der Waals surface area contributed by atoms with E-state index in [0.29, 0.717) is 20.7 Å². The van der Waals surface area contributed by atoms with Gasteiger partial charge in [0.15, 0.2) is 0 Å². The summed E-state index contributed by atoms with van der Waals surface area (Å²) in [4.78, 5) is 24.7. The predicted octanol–water partition coefficient (Wildman–Crippen LogP) is 2.38. The van der Waals surface area contributed by atoms with Crippen LogP contribution in [0.2, 0.25) is 0 Å². The molecule has 1 aliphatic heterocycles. The van der Waals surface area contributed by atoms with Gasteiger partial charge in [0, 0.05) is 12.6 Å². The smallest absolute Gasteiger partial charge is 0.305 e. The van der Waals surface area contributed by atoms with Gasteiger partial charge >= 0.3 is 5.97 Å². The Morgan fingerprint density at radius 3 is 2.43 bits per heavy atom. The molecule has 0 saturated carbocycles. The number of carboxylic acid groups (broad SMARTS) is 1. The number of carbonyl (C=O) groups is 2. The number of hydrogen-bond acceptors (Lipinski definition) is 6. The largest absolute Gasteiger partial charge is 0.497 e. The number of nitrogens with zero attached hydrogens (tertiary/aromatic N) is 1. The average Bonchev–Trinajstić information content (AvgIpc) is 2.78. The van der Waals surface area contributed by atoms with E-state index in [9.17, 15) is 9.59 Å². The van der Waals surface area contributed by atoms with Gasteiger partial charge in [-0.25, -0.2) is 0 Å². The highest BCUT2D eigenvalue weighted by molar-refractivity contribution is 8.26. The molecule has 0 unspecified atom stereocenters. The predicted molar refractivity (Wildman–Crippen MR) is 91.7 cm³/mol. The minimum Gasteiger partial charge on any atom is -0.497 e. The van der Waals surface area contributed by atoms with Crippen molar-refractivity contribution in [3.8, 4) is 11.5 Å². The van der Waals surface area contributed by atoms with Crippen LogP contribution >= 0.6 is 24.0 Å². The number of rotatable bonds is 6. The summed E-state index contributed by atoms with van der Waals surface area (Å²) in [6.45, 7) is 0.0682. The molecule has 0 aliphatic carbocycles. The van der Waals surface area contributed by atoms with Gasteiger partial charge in [0.05, 0.1) is 25.5 Å². The highest BCUT2D eigenvalue weighted by Crippen LogP contribution is 2.34. The lowest BCUT2D eigenvalue weighted by molar-refractivity contribution is -0.137. The summed E-state index contributed by atoms with van der Waals surface area (Å²) in [5, 5.41) is 8.73. The molecule has 8 heteroatoms. The first-order valence-corrected chi connectivity index (χ1v) is 7.87. The normalized spacial score (nSPS) is 16.1. The average molecular weight is 353 g/mol. The maximum Gasteiger partial charge on any atom is 0.305 e. The van der Waals surface area contributed by atoms with Crippen molar-refractivity contribution in [2.24, 2.45) is 0 Å². The maximum atomic E-state index is 12.3. The first-order chi connectivity index (χ1) is 10.9. The highest BCUT2D eigenvalue weighted by Gasteiger charge is 2.32. The van der Waals surface area contributed by atoms with Gasteiger partial charge in [-0.05, 0) is 23.8 Å². The van der Waals surface area contributed by atoms with E-state index in [1.807, 2.05) is 0 Å². The second-order valence-corrected chi connectivity index (χ2v) is 6.30. The van der Waals surface area contributed by atoms with E-state index in [-0.39, 0.29) is 18.9 Å². The van der Waals surface area contributed by atoms with Crippen molar-refractivity contribution in [3.63, 3.8) is 0 Å². The van der Waals surface area contributed by atoms with Crippen LogP contribution in [-0.2, 0) is 9.59 Å². The molecule has 0 aromatic heterocycles. The Morgan fingerprint density at radius 2 is 1.91 bits per heavy atom. The third kappa shape index (κ3) is 4.23. The topological polar surface area (TPSA) is 76.1 Å². The zero-order valence-corrected chi connectivity index (χ0v) is 14.2. The zero-order chi connectivity index (χ0) is 17.0.